The van der Waals surface area contributed by atoms with Crippen LogP contribution in [0.5, 0.6) is 0 Å². The van der Waals surface area contributed by atoms with Crippen molar-refractivity contribution in [3.8, 4) is 11.3 Å². The fraction of sp³-hybridized carbons (Fsp3) is 0.0667. The number of nitrogens with two attached hydrogens (primary N) is 1. The van der Waals surface area contributed by atoms with E-state index >= 15 is 0 Å². The molecule has 1 heterocycles. The number of H-pyrrole nitrogens is 1. The van der Waals surface area contributed by atoms with Crippen molar-refractivity contribution in [2.75, 3.05) is 0 Å². The number of nitrogens with one attached hydrogen (secondary N) is 1. The van der Waals surface area contributed by atoms with E-state index in [1.54, 1.807) is 12.1 Å². The van der Waals surface area contributed by atoms with Gasteiger partial charge >= 0.3 is 0 Å². The van der Waals surface area contributed by atoms with E-state index in [1.807, 2.05) is 18.2 Å². The van der Waals surface area contributed by atoms with Crippen molar-refractivity contribution in [1.29, 1.82) is 0 Å². The molecule has 0 spiro atoms. The molecule has 0 radical (unpaired) electrons. The van der Waals surface area contributed by atoms with Crippen LogP contribution in [0.3, 0.4) is 0 Å². The summed E-state index contributed by atoms with van der Waals surface area (Å²) in [5, 5.41) is 2.46. The highest BCUT2D eigenvalue weighted by Crippen LogP contribution is 2.32. The molecule has 0 unspecified atom stereocenters. The van der Waals surface area contributed by atoms with Crippen molar-refractivity contribution in [2.24, 2.45) is 5.73 Å². The van der Waals surface area contributed by atoms with E-state index in [4.69, 9.17) is 28.9 Å². The lowest BCUT2D eigenvalue weighted by Gasteiger charge is -2.01. The van der Waals surface area contributed by atoms with Crippen LogP contribution in [0.1, 0.15) is 5.56 Å². The summed E-state index contributed by atoms with van der Waals surface area (Å²) in [5.74, 6) is 0. The SMILES string of the molecule is NCc1ccc2[nH]c(-c3cc(Cl)ccc3Cl)cc2c1. The van der Waals surface area contributed by atoms with Gasteiger partial charge in [-0.25, -0.2) is 0 Å². The summed E-state index contributed by atoms with van der Waals surface area (Å²) in [4.78, 5) is 3.35. The Bertz CT molecular complexity index is 747. The van der Waals surface area contributed by atoms with E-state index in [2.05, 4.69) is 17.1 Å². The number of rotatable bonds is 2. The molecule has 0 bridgehead atoms. The fourth-order valence-corrected chi connectivity index (χ4v) is 2.55. The molecule has 3 aromatic rings. The lowest BCUT2D eigenvalue weighted by Crippen LogP contribution is -1.94. The highest BCUT2D eigenvalue weighted by molar-refractivity contribution is 6.35. The van der Waals surface area contributed by atoms with Crippen LogP contribution in [-0.4, -0.2) is 4.98 Å². The van der Waals surface area contributed by atoms with Gasteiger partial charge in [0, 0.05) is 38.8 Å². The molecule has 4 heteroatoms. The maximum atomic E-state index is 6.22. The van der Waals surface area contributed by atoms with Crippen LogP contribution in [0.2, 0.25) is 10.0 Å². The minimum Gasteiger partial charge on any atom is -0.354 e. The van der Waals surface area contributed by atoms with Gasteiger partial charge in [-0.1, -0.05) is 29.3 Å². The van der Waals surface area contributed by atoms with Gasteiger partial charge in [0.15, 0.2) is 0 Å². The number of hydrogen-bond donors (Lipinski definition) is 2. The molecule has 19 heavy (non-hydrogen) atoms. The molecule has 0 saturated heterocycles. The highest BCUT2D eigenvalue weighted by atomic mass is 35.5. The molecule has 0 amide bonds. The normalized spacial score (nSPS) is 11.1. The van der Waals surface area contributed by atoms with Crippen LogP contribution in [0, 0.1) is 0 Å². The Morgan fingerprint density at radius 1 is 1.00 bits per heavy atom. The maximum absolute atomic E-state index is 6.22. The van der Waals surface area contributed by atoms with Gasteiger partial charge < -0.3 is 10.7 Å². The van der Waals surface area contributed by atoms with Crippen LogP contribution in [0.15, 0.2) is 42.5 Å². The van der Waals surface area contributed by atoms with E-state index in [-0.39, 0.29) is 0 Å². The zero-order valence-corrected chi connectivity index (χ0v) is 11.6. The van der Waals surface area contributed by atoms with E-state index in [0.29, 0.717) is 16.6 Å². The summed E-state index contributed by atoms with van der Waals surface area (Å²) < 4.78 is 0. The summed E-state index contributed by atoms with van der Waals surface area (Å²) in [7, 11) is 0. The molecule has 96 valence electrons. The third-order valence-electron chi connectivity index (χ3n) is 3.14. The average Bonchev–Trinajstić information content (AvgIpc) is 2.83. The molecule has 3 N–H and O–H groups in total. The molecule has 0 aliphatic heterocycles. The molecule has 2 nitrogen and oxygen atoms in total. The zero-order chi connectivity index (χ0) is 13.4. The quantitative estimate of drug-likeness (QED) is 0.711. The number of benzene rings is 2. The summed E-state index contributed by atoms with van der Waals surface area (Å²) in [5.41, 5.74) is 9.68. The second kappa shape index (κ2) is 4.89. The smallest absolute Gasteiger partial charge is 0.0500 e. The van der Waals surface area contributed by atoms with Crippen LogP contribution < -0.4 is 5.73 Å². The summed E-state index contributed by atoms with van der Waals surface area (Å²) >= 11 is 12.2. The van der Waals surface area contributed by atoms with Crippen molar-refractivity contribution in [3.05, 3.63) is 58.1 Å². The van der Waals surface area contributed by atoms with Gasteiger partial charge in [-0.05, 0) is 42.0 Å². The van der Waals surface area contributed by atoms with Crippen molar-refractivity contribution >= 4 is 34.1 Å². The Hall–Kier alpha value is -1.48. The van der Waals surface area contributed by atoms with Gasteiger partial charge in [-0.15, -0.1) is 0 Å². The molecular weight excluding hydrogens is 279 g/mol. The fourth-order valence-electron chi connectivity index (χ4n) is 2.16. The van der Waals surface area contributed by atoms with Gasteiger partial charge in [0.25, 0.3) is 0 Å². The summed E-state index contributed by atoms with van der Waals surface area (Å²) in [6.07, 6.45) is 0. The first kappa shape index (κ1) is 12.5. The average molecular weight is 291 g/mol. The zero-order valence-electron chi connectivity index (χ0n) is 10.1. The lowest BCUT2D eigenvalue weighted by atomic mass is 10.1. The highest BCUT2D eigenvalue weighted by Gasteiger charge is 2.08. The Balaban J connectivity index is 2.17. The minimum atomic E-state index is 0.536. The Morgan fingerprint density at radius 2 is 1.84 bits per heavy atom. The number of fused-ring (bicyclic) bond motifs is 1. The molecule has 0 saturated carbocycles. The molecule has 0 fully saturated rings. The molecule has 2 aromatic carbocycles. The maximum Gasteiger partial charge on any atom is 0.0500 e. The van der Waals surface area contributed by atoms with Crippen molar-refractivity contribution < 1.29 is 0 Å². The largest absolute Gasteiger partial charge is 0.354 e. The molecule has 0 aliphatic carbocycles. The molecule has 0 aliphatic rings. The van der Waals surface area contributed by atoms with Gasteiger partial charge in [0.1, 0.15) is 0 Å². The number of halogens is 2. The van der Waals surface area contributed by atoms with E-state index in [0.717, 1.165) is 27.7 Å². The topological polar surface area (TPSA) is 41.8 Å². The molecular formula is C15H12Cl2N2. The second-order valence-electron chi connectivity index (χ2n) is 4.43. The number of hydrogen-bond acceptors (Lipinski definition) is 1. The Labute approximate surface area is 121 Å². The minimum absolute atomic E-state index is 0.536. The first-order chi connectivity index (χ1) is 9.17. The van der Waals surface area contributed by atoms with Gasteiger partial charge in [-0.2, -0.15) is 0 Å². The lowest BCUT2D eigenvalue weighted by molar-refractivity contribution is 1.08. The predicted molar refractivity (Wildman–Crippen MR) is 81.6 cm³/mol. The summed E-state index contributed by atoms with van der Waals surface area (Å²) in [6, 6.07) is 13.6. The van der Waals surface area contributed by atoms with Gasteiger partial charge in [0.05, 0.1) is 0 Å². The van der Waals surface area contributed by atoms with Crippen LogP contribution in [0.4, 0.5) is 0 Å². The van der Waals surface area contributed by atoms with E-state index < -0.39 is 0 Å². The van der Waals surface area contributed by atoms with Crippen molar-refractivity contribution in [3.63, 3.8) is 0 Å². The second-order valence-corrected chi connectivity index (χ2v) is 5.28. The third-order valence-corrected chi connectivity index (χ3v) is 3.70. The van der Waals surface area contributed by atoms with Gasteiger partial charge in [-0.3, -0.25) is 0 Å². The summed E-state index contributed by atoms with van der Waals surface area (Å²) in [6.45, 7) is 0.536. The molecule has 3 rings (SSSR count). The van der Waals surface area contributed by atoms with Crippen molar-refractivity contribution in [2.45, 2.75) is 6.54 Å². The first-order valence-corrected chi connectivity index (χ1v) is 6.70. The van der Waals surface area contributed by atoms with Gasteiger partial charge in [0.2, 0.25) is 0 Å². The van der Waals surface area contributed by atoms with Crippen molar-refractivity contribution in [1.82, 2.24) is 4.98 Å². The number of aromatic nitrogens is 1. The Morgan fingerprint density at radius 3 is 2.63 bits per heavy atom. The molecule has 0 atom stereocenters. The van der Waals surface area contributed by atoms with E-state index in [9.17, 15) is 0 Å². The Kier molecular flexibility index (Phi) is 3.23. The first-order valence-electron chi connectivity index (χ1n) is 5.94. The molecule has 1 aromatic heterocycles. The predicted octanol–water partition coefficient (Wildman–Crippen LogP) is 4.60. The van der Waals surface area contributed by atoms with Crippen LogP contribution >= 0.6 is 23.2 Å². The standard InChI is InChI=1S/C15H12Cl2N2/c16-11-2-3-13(17)12(7-11)15-6-10-5-9(8-18)1-4-14(10)19-15/h1-7,19H,8,18H2. The number of aromatic amines is 1. The monoisotopic (exact) mass is 290 g/mol. The van der Waals surface area contributed by atoms with E-state index in [1.165, 1.54) is 0 Å². The van der Waals surface area contributed by atoms with Crippen LogP contribution in [0.25, 0.3) is 22.2 Å². The third kappa shape index (κ3) is 2.35. The van der Waals surface area contributed by atoms with Crippen LogP contribution in [-0.2, 0) is 6.54 Å².